The van der Waals surface area contributed by atoms with Gasteiger partial charge in [0.25, 0.3) is 5.56 Å². The van der Waals surface area contributed by atoms with Crippen molar-refractivity contribution in [1.82, 2.24) is 9.78 Å². The predicted octanol–water partition coefficient (Wildman–Crippen LogP) is 2.46. The molecule has 1 aromatic carbocycles. The molecule has 25 heavy (non-hydrogen) atoms. The Balaban J connectivity index is 1.79. The first-order chi connectivity index (χ1) is 12.2. The summed E-state index contributed by atoms with van der Waals surface area (Å²) >= 11 is 0. The molecule has 1 aliphatic heterocycles. The van der Waals surface area contributed by atoms with Gasteiger partial charge in [-0.15, -0.1) is 0 Å². The lowest BCUT2D eigenvalue weighted by molar-refractivity contribution is -0.144. The van der Waals surface area contributed by atoms with E-state index in [2.05, 4.69) is 22.1 Å². The molecule has 0 amide bonds. The fraction of sp³-hybridized carbons (Fsp3) is 0.421. The zero-order valence-corrected chi connectivity index (χ0v) is 14.5. The van der Waals surface area contributed by atoms with E-state index in [9.17, 15) is 9.59 Å². The smallest absolute Gasteiger partial charge is 0.327 e. The average Bonchev–Trinajstić information content (AvgIpc) is 2.65. The molecule has 2 heterocycles. The molecule has 1 saturated heterocycles. The highest BCUT2D eigenvalue weighted by Gasteiger charge is 2.12. The molecule has 1 aliphatic rings. The van der Waals surface area contributed by atoms with Crippen molar-refractivity contribution >= 4 is 11.7 Å². The van der Waals surface area contributed by atoms with Gasteiger partial charge < -0.3 is 9.64 Å². The van der Waals surface area contributed by atoms with Crippen molar-refractivity contribution < 1.29 is 9.53 Å². The van der Waals surface area contributed by atoms with Gasteiger partial charge in [-0.2, -0.15) is 5.10 Å². The van der Waals surface area contributed by atoms with E-state index in [-0.39, 0.29) is 18.7 Å². The molecule has 3 rings (SSSR count). The molecular weight excluding hydrogens is 318 g/mol. The van der Waals surface area contributed by atoms with Crippen LogP contribution in [0.15, 0.2) is 41.2 Å². The average molecular weight is 341 g/mol. The maximum absolute atomic E-state index is 11.9. The second kappa shape index (κ2) is 7.96. The molecule has 132 valence electrons. The third kappa shape index (κ3) is 4.26. The third-order valence-electron chi connectivity index (χ3n) is 4.34. The van der Waals surface area contributed by atoms with E-state index in [1.54, 1.807) is 13.0 Å². The number of rotatable bonds is 5. The van der Waals surface area contributed by atoms with Gasteiger partial charge in [-0.25, -0.2) is 4.68 Å². The molecule has 1 aromatic heterocycles. The van der Waals surface area contributed by atoms with Crippen molar-refractivity contribution in [3.8, 4) is 11.3 Å². The molecule has 0 saturated carbocycles. The summed E-state index contributed by atoms with van der Waals surface area (Å²) in [5.74, 6) is -0.463. The Bertz CT molecular complexity index is 777. The quantitative estimate of drug-likeness (QED) is 0.782. The van der Waals surface area contributed by atoms with Gasteiger partial charge >= 0.3 is 5.97 Å². The van der Waals surface area contributed by atoms with Gasteiger partial charge in [0.2, 0.25) is 0 Å². The lowest BCUT2D eigenvalue weighted by Crippen LogP contribution is -2.29. The van der Waals surface area contributed by atoms with Gasteiger partial charge in [-0.05, 0) is 44.4 Å². The summed E-state index contributed by atoms with van der Waals surface area (Å²) in [4.78, 5) is 25.9. The van der Waals surface area contributed by atoms with E-state index in [0.717, 1.165) is 23.3 Å². The molecule has 0 atom stereocenters. The molecule has 0 aliphatic carbocycles. The lowest BCUT2D eigenvalue weighted by Gasteiger charge is -2.28. The Hall–Kier alpha value is -2.63. The summed E-state index contributed by atoms with van der Waals surface area (Å²) in [6, 6.07) is 11.3. The van der Waals surface area contributed by atoms with Crippen LogP contribution < -0.4 is 10.5 Å². The zero-order chi connectivity index (χ0) is 17.6. The van der Waals surface area contributed by atoms with E-state index in [0.29, 0.717) is 5.69 Å². The van der Waals surface area contributed by atoms with Gasteiger partial charge in [0.05, 0.1) is 12.3 Å². The molecule has 1 fully saturated rings. The predicted molar refractivity (Wildman–Crippen MR) is 96.6 cm³/mol. The molecule has 0 radical (unpaired) electrons. The van der Waals surface area contributed by atoms with E-state index in [1.165, 1.54) is 31.0 Å². The SMILES string of the molecule is CCOC(=O)Cn1nc(-c2ccc(N3CCCCC3)cc2)ccc1=O. The Morgan fingerprint density at radius 2 is 1.80 bits per heavy atom. The minimum absolute atomic E-state index is 0.174. The van der Waals surface area contributed by atoms with Crippen LogP contribution in [-0.4, -0.2) is 35.4 Å². The number of carbonyl (C=O) groups excluding carboxylic acids is 1. The van der Waals surface area contributed by atoms with Crippen LogP contribution in [-0.2, 0) is 16.1 Å². The summed E-state index contributed by atoms with van der Waals surface area (Å²) in [5.41, 5.74) is 2.47. The summed E-state index contributed by atoms with van der Waals surface area (Å²) in [6.45, 7) is 4.04. The first kappa shape index (κ1) is 17.2. The lowest BCUT2D eigenvalue weighted by atomic mass is 10.1. The number of anilines is 1. The van der Waals surface area contributed by atoms with E-state index in [4.69, 9.17) is 4.74 Å². The highest BCUT2D eigenvalue weighted by Crippen LogP contribution is 2.23. The van der Waals surface area contributed by atoms with Crippen molar-refractivity contribution in [2.45, 2.75) is 32.7 Å². The number of hydrogen-bond acceptors (Lipinski definition) is 5. The molecule has 0 bridgehead atoms. The molecule has 6 heteroatoms. The number of hydrogen-bond donors (Lipinski definition) is 0. The van der Waals surface area contributed by atoms with Crippen LogP contribution >= 0.6 is 0 Å². The summed E-state index contributed by atoms with van der Waals surface area (Å²) in [7, 11) is 0. The van der Waals surface area contributed by atoms with Crippen LogP contribution in [0.25, 0.3) is 11.3 Å². The number of ether oxygens (including phenoxy) is 1. The highest BCUT2D eigenvalue weighted by atomic mass is 16.5. The minimum atomic E-state index is -0.463. The second-order valence-electron chi connectivity index (χ2n) is 6.11. The van der Waals surface area contributed by atoms with Crippen molar-refractivity contribution in [3.05, 3.63) is 46.8 Å². The molecule has 0 unspecified atom stereocenters. The van der Waals surface area contributed by atoms with Gasteiger partial charge in [-0.1, -0.05) is 12.1 Å². The number of piperidine rings is 1. The summed E-state index contributed by atoms with van der Waals surface area (Å²) in [6.07, 6.45) is 3.78. The van der Waals surface area contributed by atoms with Crippen LogP contribution in [0.4, 0.5) is 5.69 Å². The van der Waals surface area contributed by atoms with Crippen molar-refractivity contribution in [1.29, 1.82) is 0 Å². The first-order valence-electron chi connectivity index (χ1n) is 8.76. The van der Waals surface area contributed by atoms with E-state index < -0.39 is 5.97 Å². The Morgan fingerprint density at radius 1 is 1.08 bits per heavy atom. The van der Waals surface area contributed by atoms with Gasteiger partial charge in [0.15, 0.2) is 0 Å². The van der Waals surface area contributed by atoms with E-state index >= 15 is 0 Å². The van der Waals surface area contributed by atoms with Crippen molar-refractivity contribution in [2.24, 2.45) is 0 Å². The molecule has 6 nitrogen and oxygen atoms in total. The standard InChI is InChI=1S/C19H23N3O3/c1-2-25-19(24)14-22-18(23)11-10-17(20-22)15-6-8-16(9-7-15)21-12-4-3-5-13-21/h6-11H,2-5,12-14H2,1H3. The largest absolute Gasteiger partial charge is 0.465 e. The van der Waals surface area contributed by atoms with Crippen LogP contribution in [0.1, 0.15) is 26.2 Å². The molecule has 2 aromatic rings. The first-order valence-corrected chi connectivity index (χ1v) is 8.76. The van der Waals surface area contributed by atoms with E-state index in [1.807, 2.05) is 12.1 Å². The number of benzene rings is 1. The Morgan fingerprint density at radius 3 is 2.48 bits per heavy atom. The number of aromatic nitrogens is 2. The summed E-state index contributed by atoms with van der Waals surface area (Å²) < 4.78 is 6.03. The van der Waals surface area contributed by atoms with Crippen LogP contribution in [0.3, 0.4) is 0 Å². The Kier molecular flexibility index (Phi) is 5.48. The van der Waals surface area contributed by atoms with Crippen molar-refractivity contribution in [2.75, 3.05) is 24.6 Å². The van der Waals surface area contributed by atoms with Gasteiger partial charge in [-0.3, -0.25) is 9.59 Å². The second-order valence-corrected chi connectivity index (χ2v) is 6.11. The molecule has 0 spiro atoms. The fourth-order valence-electron chi connectivity index (χ4n) is 3.04. The van der Waals surface area contributed by atoms with Crippen LogP contribution in [0.5, 0.6) is 0 Å². The minimum Gasteiger partial charge on any atom is -0.465 e. The normalized spacial score (nSPS) is 14.4. The Labute approximate surface area is 147 Å². The molecular formula is C19H23N3O3. The van der Waals surface area contributed by atoms with Crippen LogP contribution in [0.2, 0.25) is 0 Å². The zero-order valence-electron chi connectivity index (χ0n) is 14.5. The highest BCUT2D eigenvalue weighted by molar-refractivity contribution is 5.69. The molecule has 0 N–H and O–H groups in total. The fourth-order valence-corrected chi connectivity index (χ4v) is 3.04. The van der Waals surface area contributed by atoms with Gasteiger partial charge in [0, 0.05) is 30.4 Å². The van der Waals surface area contributed by atoms with Crippen LogP contribution in [0, 0.1) is 0 Å². The topological polar surface area (TPSA) is 64.4 Å². The number of carbonyl (C=O) groups is 1. The van der Waals surface area contributed by atoms with Crippen molar-refractivity contribution in [3.63, 3.8) is 0 Å². The monoisotopic (exact) mass is 341 g/mol. The van der Waals surface area contributed by atoms with Gasteiger partial charge in [0.1, 0.15) is 6.54 Å². The maximum atomic E-state index is 11.9. The number of nitrogens with zero attached hydrogens (tertiary/aromatic N) is 3. The number of esters is 1. The maximum Gasteiger partial charge on any atom is 0.327 e. The third-order valence-corrected chi connectivity index (χ3v) is 4.34. The summed E-state index contributed by atoms with van der Waals surface area (Å²) in [5, 5.41) is 4.30.